The van der Waals surface area contributed by atoms with E-state index in [0.29, 0.717) is 17.4 Å². The lowest BCUT2D eigenvalue weighted by Gasteiger charge is -2.09. The molecule has 1 amide bonds. The van der Waals surface area contributed by atoms with E-state index in [-0.39, 0.29) is 11.7 Å². The average molecular weight is 508 g/mol. The number of rotatable bonds is 7. The Kier molecular flexibility index (Phi) is 6.87. The number of nitrogens with one attached hydrogen (secondary N) is 1. The molecule has 3 aromatic rings. The highest BCUT2D eigenvalue weighted by atomic mass is 79.9. The molecule has 0 saturated carbocycles. The summed E-state index contributed by atoms with van der Waals surface area (Å²) in [5.41, 5.74) is 1.69. The van der Waals surface area contributed by atoms with E-state index < -0.39 is 0 Å². The van der Waals surface area contributed by atoms with E-state index in [1.165, 1.54) is 11.8 Å². The first kappa shape index (κ1) is 19.9. The second kappa shape index (κ2) is 9.34. The Bertz CT molecular complexity index is 960. The Labute approximate surface area is 178 Å². The molecule has 0 bridgehead atoms. The molecule has 0 fully saturated rings. The molecule has 0 aliphatic heterocycles. The van der Waals surface area contributed by atoms with Crippen molar-refractivity contribution in [3.8, 4) is 11.4 Å². The molecule has 0 atom stereocenters. The topological polar surface area (TPSA) is 59.8 Å². The lowest BCUT2D eigenvalue weighted by molar-refractivity contribution is -0.113. The quantitative estimate of drug-likeness (QED) is 0.344. The normalized spacial score (nSPS) is 10.6. The van der Waals surface area contributed by atoms with E-state index in [9.17, 15) is 4.79 Å². The Morgan fingerprint density at radius 2 is 1.96 bits per heavy atom. The van der Waals surface area contributed by atoms with Gasteiger partial charge in [-0.3, -0.25) is 9.36 Å². The van der Waals surface area contributed by atoms with Gasteiger partial charge in [0.25, 0.3) is 0 Å². The Balaban J connectivity index is 1.72. The number of thioether (sulfide) groups is 1. The van der Waals surface area contributed by atoms with Crippen molar-refractivity contribution in [1.82, 2.24) is 14.8 Å². The van der Waals surface area contributed by atoms with Crippen LogP contribution in [0.2, 0.25) is 0 Å². The zero-order valence-electron chi connectivity index (χ0n) is 14.2. The largest absolute Gasteiger partial charge is 0.324 e. The van der Waals surface area contributed by atoms with Crippen molar-refractivity contribution in [1.29, 1.82) is 0 Å². The fourth-order valence-corrected chi connectivity index (χ4v) is 3.85. The summed E-state index contributed by atoms with van der Waals surface area (Å²) in [6.07, 6.45) is 1.79. The SMILES string of the molecule is C=CCn1c(SCC(=O)Nc2cc(Br)ccc2Br)nnc1-c1ccccc1. The molecular formula is C19H16Br2N4OS. The lowest BCUT2D eigenvalue weighted by Crippen LogP contribution is -2.15. The van der Waals surface area contributed by atoms with Crippen LogP contribution in [0.3, 0.4) is 0 Å². The third kappa shape index (κ3) is 5.09. The maximum atomic E-state index is 12.3. The summed E-state index contributed by atoms with van der Waals surface area (Å²) in [6.45, 7) is 4.37. The van der Waals surface area contributed by atoms with E-state index in [2.05, 4.69) is 54.0 Å². The highest BCUT2D eigenvalue weighted by Crippen LogP contribution is 2.27. The van der Waals surface area contributed by atoms with Crippen LogP contribution in [0.25, 0.3) is 11.4 Å². The van der Waals surface area contributed by atoms with Gasteiger partial charge in [0.2, 0.25) is 5.91 Å². The number of nitrogens with zero attached hydrogens (tertiary/aromatic N) is 3. The number of allylic oxidation sites excluding steroid dienone is 1. The molecule has 2 aromatic carbocycles. The minimum atomic E-state index is -0.117. The van der Waals surface area contributed by atoms with Gasteiger partial charge in [-0.25, -0.2) is 0 Å². The third-order valence-corrected chi connectivity index (χ3v) is 5.75. The first-order valence-electron chi connectivity index (χ1n) is 8.05. The number of carbonyl (C=O) groups is 1. The highest BCUT2D eigenvalue weighted by molar-refractivity contribution is 9.11. The molecule has 0 radical (unpaired) electrons. The van der Waals surface area contributed by atoms with Crippen LogP contribution in [0.15, 0.2) is 75.3 Å². The number of carbonyl (C=O) groups excluding carboxylic acids is 1. The summed E-state index contributed by atoms with van der Waals surface area (Å²) in [5.74, 6) is 0.865. The molecule has 3 rings (SSSR count). The molecule has 0 spiro atoms. The average Bonchev–Trinajstić information content (AvgIpc) is 3.07. The van der Waals surface area contributed by atoms with Gasteiger partial charge in [0.15, 0.2) is 11.0 Å². The number of halogens is 2. The Morgan fingerprint density at radius 1 is 1.19 bits per heavy atom. The number of aromatic nitrogens is 3. The maximum Gasteiger partial charge on any atom is 0.234 e. The van der Waals surface area contributed by atoms with Crippen LogP contribution in [0.1, 0.15) is 0 Å². The molecule has 0 aliphatic carbocycles. The second-order valence-corrected chi connectivity index (χ2v) is 8.25. The van der Waals surface area contributed by atoms with Crippen LogP contribution in [-0.4, -0.2) is 26.4 Å². The van der Waals surface area contributed by atoms with Crippen LogP contribution >= 0.6 is 43.6 Å². The van der Waals surface area contributed by atoms with Crippen LogP contribution in [0, 0.1) is 0 Å². The number of hydrogen-bond donors (Lipinski definition) is 1. The van der Waals surface area contributed by atoms with Crippen molar-refractivity contribution in [2.24, 2.45) is 0 Å². The smallest absolute Gasteiger partial charge is 0.234 e. The molecule has 1 heterocycles. The fourth-order valence-electron chi connectivity index (χ4n) is 2.40. The molecule has 1 aromatic heterocycles. The molecule has 1 N–H and O–H groups in total. The summed E-state index contributed by atoms with van der Waals surface area (Å²) in [4.78, 5) is 12.3. The van der Waals surface area contributed by atoms with Crippen molar-refractivity contribution in [3.05, 3.63) is 70.1 Å². The fraction of sp³-hybridized carbons (Fsp3) is 0.105. The van der Waals surface area contributed by atoms with E-state index >= 15 is 0 Å². The van der Waals surface area contributed by atoms with Crippen LogP contribution in [-0.2, 0) is 11.3 Å². The minimum Gasteiger partial charge on any atom is -0.324 e. The van der Waals surface area contributed by atoms with E-state index in [1.54, 1.807) is 6.08 Å². The van der Waals surface area contributed by atoms with Crippen molar-refractivity contribution < 1.29 is 4.79 Å². The lowest BCUT2D eigenvalue weighted by atomic mass is 10.2. The molecule has 5 nitrogen and oxygen atoms in total. The summed E-state index contributed by atoms with van der Waals surface area (Å²) in [6, 6.07) is 15.5. The van der Waals surface area contributed by atoms with Gasteiger partial charge in [0.05, 0.1) is 11.4 Å². The van der Waals surface area contributed by atoms with Gasteiger partial charge in [0.1, 0.15) is 0 Å². The number of amides is 1. The van der Waals surface area contributed by atoms with Gasteiger partial charge in [0, 0.05) is 21.1 Å². The summed E-state index contributed by atoms with van der Waals surface area (Å²) in [5, 5.41) is 12.1. The molecule has 0 unspecified atom stereocenters. The number of anilines is 1. The highest BCUT2D eigenvalue weighted by Gasteiger charge is 2.15. The van der Waals surface area contributed by atoms with Crippen LogP contribution in [0.5, 0.6) is 0 Å². The summed E-state index contributed by atoms with van der Waals surface area (Å²) < 4.78 is 3.67. The molecule has 0 aliphatic rings. The van der Waals surface area contributed by atoms with Crippen molar-refractivity contribution in [3.63, 3.8) is 0 Å². The minimum absolute atomic E-state index is 0.117. The first-order chi connectivity index (χ1) is 13.1. The Hall–Kier alpha value is -1.90. The molecular weight excluding hydrogens is 492 g/mol. The molecule has 27 heavy (non-hydrogen) atoms. The van der Waals surface area contributed by atoms with E-state index in [1.807, 2.05) is 53.1 Å². The van der Waals surface area contributed by atoms with Crippen molar-refractivity contribution in [2.75, 3.05) is 11.1 Å². The van der Waals surface area contributed by atoms with Gasteiger partial charge >= 0.3 is 0 Å². The van der Waals surface area contributed by atoms with Gasteiger partial charge in [-0.05, 0) is 34.1 Å². The molecule has 138 valence electrons. The zero-order valence-corrected chi connectivity index (χ0v) is 18.2. The zero-order chi connectivity index (χ0) is 19.2. The number of hydrogen-bond acceptors (Lipinski definition) is 4. The van der Waals surface area contributed by atoms with Gasteiger partial charge in [-0.15, -0.1) is 16.8 Å². The van der Waals surface area contributed by atoms with E-state index in [4.69, 9.17) is 0 Å². The third-order valence-electron chi connectivity index (χ3n) is 3.60. The van der Waals surface area contributed by atoms with Crippen LogP contribution < -0.4 is 5.32 Å². The molecule has 8 heteroatoms. The van der Waals surface area contributed by atoms with Crippen LogP contribution in [0.4, 0.5) is 5.69 Å². The van der Waals surface area contributed by atoms with Crippen molar-refractivity contribution >= 4 is 55.2 Å². The monoisotopic (exact) mass is 506 g/mol. The van der Waals surface area contributed by atoms with E-state index in [0.717, 1.165) is 20.3 Å². The number of benzene rings is 2. The van der Waals surface area contributed by atoms with Gasteiger partial charge in [-0.1, -0.05) is 64.1 Å². The standard InChI is InChI=1S/C19H16Br2N4OS/c1-2-10-25-18(13-6-4-3-5-7-13)23-24-19(25)27-12-17(26)22-16-11-14(20)8-9-15(16)21/h2-9,11H,1,10,12H2,(H,22,26). The maximum absolute atomic E-state index is 12.3. The predicted molar refractivity (Wildman–Crippen MR) is 117 cm³/mol. The predicted octanol–water partition coefficient (Wildman–Crippen LogP) is 5.39. The first-order valence-corrected chi connectivity index (χ1v) is 10.6. The summed E-state index contributed by atoms with van der Waals surface area (Å²) >= 11 is 8.18. The van der Waals surface area contributed by atoms with Crippen molar-refractivity contribution in [2.45, 2.75) is 11.7 Å². The van der Waals surface area contributed by atoms with Gasteiger partial charge in [-0.2, -0.15) is 0 Å². The second-order valence-electron chi connectivity index (χ2n) is 5.53. The van der Waals surface area contributed by atoms with Gasteiger partial charge < -0.3 is 5.32 Å². The Morgan fingerprint density at radius 3 is 2.70 bits per heavy atom. The summed E-state index contributed by atoms with van der Waals surface area (Å²) in [7, 11) is 0. The molecule has 0 saturated heterocycles.